The fourth-order valence-electron chi connectivity index (χ4n) is 3.75. The van der Waals surface area contributed by atoms with Crippen LogP contribution in [0.25, 0.3) is 11.0 Å². The van der Waals surface area contributed by atoms with Crippen LogP contribution in [0.5, 0.6) is 0 Å². The van der Waals surface area contributed by atoms with Gasteiger partial charge in [-0.25, -0.2) is 9.78 Å². The summed E-state index contributed by atoms with van der Waals surface area (Å²) in [4.78, 5) is 56.2. The molecule has 2 amide bonds. The van der Waals surface area contributed by atoms with Gasteiger partial charge in [0.25, 0.3) is 5.56 Å². The fraction of sp³-hybridized carbons (Fsp3) is 0.286. The molecule has 1 fully saturated rings. The number of carbonyl (C=O) groups excluding carboxylic acids is 2. The molecule has 0 bridgehead atoms. The molecule has 1 unspecified atom stereocenters. The lowest BCUT2D eigenvalue weighted by Gasteiger charge is -2.17. The number of benzene rings is 1. The molecule has 0 saturated carbocycles. The lowest BCUT2D eigenvalue weighted by molar-refractivity contribution is -0.122. The zero-order chi connectivity index (χ0) is 21.6. The SMILES string of the molecule is Cc1cnc2c(c1NC(=O)C1CC(=O)N(c3ccccc3)C1)c(=O)n(C)c(=O)n2C. The van der Waals surface area contributed by atoms with Crippen LogP contribution in [-0.2, 0) is 23.7 Å². The highest BCUT2D eigenvalue weighted by atomic mass is 16.2. The monoisotopic (exact) mass is 407 g/mol. The molecule has 154 valence electrons. The number of nitrogens with one attached hydrogen (secondary N) is 1. The van der Waals surface area contributed by atoms with Gasteiger partial charge in [0.1, 0.15) is 5.39 Å². The third-order valence-electron chi connectivity index (χ3n) is 5.47. The number of para-hydroxylation sites is 1. The first kappa shape index (κ1) is 19.6. The maximum absolute atomic E-state index is 13.0. The van der Waals surface area contributed by atoms with E-state index in [4.69, 9.17) is 0 Å². The van der Waals surface area contributed by atoms with Crippen LogP contribution in [0.3, 0.4) is 0 Å². The number of hydrogen-bond acceptors (Lipinski definition) is 5. The molecule has 1 aromatic carbocycles. The second-order valence-electron chi connectivity index (χ2n) is 7.45. The number of anilines is 2. The summed E-state index contributed by atoms with van der Waals surface area (Å²) in [6, 6.07) is 9.18. The minimum atomic E-state index is -0.559. The van der Waals surface area contributed by atoms with Crippen molar-refractivity contribution < 1.29 is 9.59 Å². The molecule has 3 heterocycles. The molecule has 9 heteroatoms. The van der Waals surface area contributed by atoms with Gasteiger partial charge >= 0.3 is 5.69 Å². The van der Waals surface area contributed by atoms with Crippen molar-refractivity contribution >= 4 is 34.2 Å². The van der Waals surface area contributed by atoms with Gasteiger partial charge in [0.05, 0.1) is 11.6 Å². The van der Waals surface area contributed by atoms with Crippen LogP contribution in [0.1, 0.15) is 12.0 Å². The van der Waals surface area contributed by atoms with E-state index in [1.807, 2.05) is 30.3 Å². The minimum Gasteiger partial charge on any atom is -0.325 e. The Hall–Kier alpha value is -3.75. The van der Waals surface area contributed by atoms with Crippen LogP contribution >= 0.6 is 0 Å². The van der Waals surface area contributed by atoms with Crippen molar-refractivity contribution in [1.82, 2.24) is 14.1 Å². The van der Waals surface area contributed by atoms with Crippen molar-refractivity contribution in [1.29, 1.82) is 0 Å². The van der Waals surface area contributed by atoms with E-state index in [2.05, 4.69) is 10.3 Å². The predicted octanol–water partition coefficient (Wildman–Crippen LogP) is 0.932. The maximum Gasteiger partial charge on any atom is 0.332 e. The average Bonchev–Trinajstić information content (AvgIpc) is 3.14. The van der Waals surface area contributed by atoms with E-state index >= 15 is 0 Å². The molecule has 0 aliphatic carbocycles. The third-order valence-corrected chi connectivity index (χ3v) is 5.47. The first-order chi connectivity index (χ1) is 14.3. The highest BCUT2D eigenvalue weighted by Crippen LogP contribution is 2.27. The van der Waals surface area contributed by atoms with Crippen LogP contribution in [0, 0.1) is 12.8 Å². The van der Waals surface area contributed by atoms with Crippen LogP contribution in [0.15, 0.2) is 46.1 Å². The van der Waals surface area contributed by atoms with Crippen LogP contribution in [-0.4, -0.2) is 32.5 Å². The van der Waals surface area contributed by atoms with Crippen molar-refractivity contribution in [2.45, 2.75) is 13.3 Å². The Morgan fingerprint density at radius 2 is 1.80 bits per heavy atom. The molecule has 2 aromatic heterocycles. The Morgan fingerprint density at radius 3 is 2.50 bits per heavy atom. The summed E-state index contributed by atoms with van der Waals surface area (Å²) in [7, 11) is 2.90. The van der Waals surface area contributed by atoms with Gasteiger partial charge in [-0.3, -0.25) is 23.5 Å². The summed E-state index contributed by atoms with van der Waals surface area (Å²) in [5, 5.41) is 2.98. The Labute approximate surface area is 171 Å². The largest absolute Gasteiger partial charge is 0.332 e. The van der Waals surface area contributed by atoms with Gasteiger partial charge in [0.15, 0.2) is 5.65 Å². The normalized spacial score (nSPS) is 16.3. The number of aryl methyl sites for hydroxylation is 2. The minimum absolute atomic E-state index is 0.0826. The standard InChI is InChI=1S/C21H21N5O4/c1-12-10-22-18-16(20(29)25(3)21(30)24(18)2)17(12)23-19(28)13-9-15(27)26(11-13)14-7-5-4-6-8-14/h4-8,10,13H,9,11H2,1-3H3,(H,22,23,28). The molecule has 1 saturated heterocycles. The summed E-state index contributed by atoms with van der Waals surface area (Å²) in [6.07, 6.45) is 1.59. The average molecular weight is 407 g/mol. The molecular formula is C21H21N5O4. The first-order valence-electron chi connectivity index (χ1n) is 9.51. The first-order valence-corrected chi connectivity index (χ1v) is 9.51. The van der Waals surface area contributed by atoms with Gasteiger partial charge in [-0.1, -0.05) is 18.2 Å². The molecule has 0 spiro atoms. The second-order valence-corrected chi connectivity index (χ2v) is 7.45. The van der Waals surface area contributed by atoms with Crippen LogP contribution < -0.4 is 21.5 Å². The molecule has 1 N–H and O–H groups in total. The number of pyridine rings is 1. The summed E-state index contributed by atoms with van der Waals surface area (Å²) in [5.41, 5.74) is 0.807. The van der Waals surface area contributed by atoms with E-state index in [-0.39, 0.29) is 35.8 Å². The van der Waals surface area contributed by atoms with E-state index in [1.165, 1.54) is 24.9 Å². The number of carbonyl (C=O) groups is 2. The van der Waals surface area contributed by atoms with Crippen molar-refractivity contribution in [2.24, 2.45) is 20.0 Å². The van der Waals surface area contributed by atoms with E-state index in [0.717, 1.165) is 10.3 Å². The molecule has 1 atom stereocenters. The van der Waals surface area contributed by atoms with Gasteiger partial charge in [-0.2, -0.15) is 0 Å². The third kappa shape index (κ3) is 3.08. The number of aromatic nitrogens is 3. The van der Waals surface area contributed by atoms with E-state index < -0.39 is 17.2 Å². The van der Waals surface area contributed by atoms with Gasteiger partial charge < -0.3 is 10.2 Å². The van der Waals surface area contributed by atoms with Crippen molar-refractivity contribution in [3.05, 3.63) is 62.9 Å². The van der Waals surface area contributed by atoms with Gasteiger partial charge in [0, 0.05) is 38.9 Å². The Balaban J connectivity index is 1.69. The number of rotatable bonds is 3. The molecule has 1 aliphatic rings. The highest BCUT2D eigenvalue weighted by molar-refractivity contribution is 6.06. The molecule has 30 heavy (non-hydrogen) atoms. The Morgan fingerprint density at radius 1 is 1.10 bits per heavy atom. The molecule has 3 aromatic rings. The number of hydrogen-bond donors (Lipinski definition) is 1. The predicted molar refractivity (Wildman–Crippen MR) is 112 cm³/mol. The lowest BCUT2D eigenvalue weighted by atomic mass is 10.1. The zero-order valence-electron chi connectivity index (χ0n) is 16.9. The van der Waals surface area contributed by atoms with Gasteiger partial charge in [0.2, 0.25) is 11.8 Å². The summed E-state index contributed by atoms with van der Waals surface area (Å²) in [5.74, 6) is -1.04. The molecule has 0 radical (unpaired) electrons. The van der Waals surface area contributed by atoms with Crippen molar-refractivity contribution in [2.75, 3.05) is 16.8 Å². The van der Waals surface area contributed by atoms with Crippen molar-refractivity contribution in [3.8, 4) is 0 Å². The number of fused-ring (bicyclic) bond motifs is 1. The lowest BCUT2D eigenvalue weighted by Crippen LogP contribution is -2.38. The molecule has 9 nitrogen and oxygen atoms in total. The summed E-state index contributed by atoms with van der Waals surface area (Å²) in [6.45, 7) is 1.98. The quantitative estimate of drug-likeness (QED) is 0.695. The van der Waals surface area contributed by atoms with E-state index in [0.29, 0.717) is 11.3 Å². The summed E-state index contributed by atoms with van der Waals surface area (Å²) >= 11 is 0. The Bertz CT molecular complexity index is 1290. The number of amides is 2. The molecule has 4 rings (SSSR count). The van der Waals surface area contributed by atoms with E-state index in [1.54, 1.807) is 11.8 Å². The fourth-order valence-corrected chi connectivity index (χ4v) is 3.75. The van der Waals surface area contributed by atoms with Gasteiger partial charge in [-0.05, 0) is 24.6 Å². The molecule has 1 aliphatic heterocycles. The number of nitrogens with zero attached hydrogens (tertiary/aromatic N) is 4. The highest BCUT2D eigenvalue weighted by Gasteiger charge is 2.35. The van der Waals surface area contributed by atoms with Gasteiger partial charge in [-0.15, -0.1) is 0 Å². The summed E-state index contributed by atoms with van der Waals surface area (Å²) < 4.78 is 2.25. The Kier molecular flexibility index (Phi) is 4.73. The maximum atomic E-state index is 13.0. The van der Waals surface area contributed by atoms with Crippen LogP contribution in [0.2, 0.25) is 0 Å². The van der Waals surface area contributed by atoms with E-state index in [9.17, 15) is 19.2 Å². The van der Waals surface area contributed by atoms with Crippen LogP contribution in [0.4, 0.5) is 11.4 Å². The second kappa shape index (κ2) is 7.25. The zero-order valence-corrected chi connectivity index (χ0v) is 16.9. The molecular weight excluding hydrogens is 386 g/mol. The topological polar surface area (TPSA) is 106 Å². The smallest absolute Gasteiger partial charge is 0.325 e. The van der Waals surface area contributed by atoms with Crippen molar-refractivity contribution in [3.63, 3.8) is 0 Å².